The molecule has 3 nitrogen and oxygen atoms in total. The molecule has 0 unspecified atom stereocenters. The fraction of sp³-hybridized carbons (Fsp3) is 0.400. The van der Waals surface area contributed by atoms with Crippen molar-refractivity contribution in [1.82, 2.24) is 0 Å². The lowest BCUT2D eigenvalue weighted by molar-refractivity contribution is -0.140. The Morgan fingerprint density at radius 2 is 1.84 bits per heavy atom. The van der Waals surface area contributed by atoms with Gasteiger partial charge in [-0.1, -0.05) is 30.3 Å². The Morgan fingerprint density at radius 1 is 1.21 bits per heavy atom. The minimum Gasteiger partial charge on any atom is -0.544 e. The Kier molecular flexibility index (Phi) is 5.82. The Bertz CT molecular complexity index is 432. The van der Waals surface area contributed by atoms with Gasteiger partial charge in [-0.2, -0.15) is 0 Å². The maximum absolute atomic E-state index is 11.1. The van der Waals surface area contributed by atoms with Crippen LogP contribution in [0.15, 0.2) is 36.4 Å². The van der Waals surface area contributed by atoms with Crippen molar-refractivity contribution < 1.29 is 14.0 Å². The van der Waals surface area contributed by atoms with Crippen LogP contribution in [-0.4, -0.2) is 21.4 Å². The van der Waals surface area contributed by atoms with Crippen LogP contribution in [0.25, 0.3) is 5.76 Å². The minimum atomic E-state index is -1.67. The van der Waals surface area contributed by atoms with Crippen LogP contribution in [-0.2, 0) is 14.0 Å². The predicted octanol–water partition coefficient (Wildman–Crippen LogP) is 3.83. The van der Waals surface area contributed by atoms with Gasteiger partial charge in [0.1, 0.15) is 5.76 Å². The smallest absolute Gasteiger partial charge is 0.305 e. The Morgan fingerprint density at radius 3 is 2.37 bits per heavy atom. The second-order valence-electron chi connectivity index (χ2n) is 5.26. The molecule has 1 rings (SSSR count). The zero-order valence-electron chi connectivity index (χ0n) is 12.1. The van der Waals surface area contributed by atoms with Gasteiger partial charge in [0.25, 0.3) is 0 Å². The third-order valence-electron chi connectivity index (χ3n) is 2.38. The molecule has 1 aromatic rings. The monoisotopic (exact) mass is 278 g/mol. The summed E-state index contributed by atoms with van der Waals surface area (Å²) in [6.45, 7) is 6.43. The molecular formula is C15H22O3Si. The van der Waals surface area contributed by atoms with Crippen molar-refractivity contribution in [3.63, 3.8) is 0 Å². The number of carbonyl (C=O) groups excluding carboxylic acids is 1. The number of methoxy groups -OCH3 is 1. The number of ether oxygens (including phenoxy) is 1. The molecule has 0 amide bonds. The molecule has 1 aromatic carbocycles. The lowest BCUT2D eigenvalue weighted by Crippen LogP contribution is -2.24. The average Bonchev–Trinajstić information content (AvgIpc) is 2.37. The summed E-state index contributed by atoms with van der Waals surface area (Å²) in [5.41, 5.74) is 1.05. The van der Waals surface area contributed by atoms with E-state index in [1.54, 1.807) is 0 Å². The van der Waals surface area contributed by atoms with E-state index in [1.165, 1.54) is 7.11 Å². The summed E-state index contributed by atoms with van der Waals surface area (Å²) >= 11 is 0. The van der Waals surface area contributed by atoms with Crippen LogP contribution in [0.4, 0.5) is 0 Å². The summed E-state index contributed by atoms with van der Waals surface area (Å²) in [5, 5.41) is 0. The molecule has 0 aromatic heterocycles. The highest BCUT2D eigenvalue weighted by Gasteiger charge is 2.18. The minimum absolute atomic E-state index is 0.198. The van der Waals surface area contributed by atoms with Gasteiger partial charge in [0.2, 0.25) is 8.32 Å². The van der Waals surface area contributed by atoms with Crippen LogP contribution in [0, 0.1) is 0 Å². The molecule has 0 saturated carbocycles. The Balaban J connectivity index is 2.81. The van der Waals surface area contributed by atoms with Gasteiger partial charge in [0.15, 0.2) is 0 Å². The first kappa shape index (κ1) is 15.5. The first-order valence-corrected chi connectivity index (χ1v) is 9.84. The van der Waals surface area contributed by atoms with Crippen LogP contribution in [0.3, 0.4) is 0 Å². The molecule has 0 aliphatic heterocycles. The third kappa shape index (κ3) is 6.24. The van der Waals surface area contributed by atoms with Crippen LogP contribution in [0.2, 0.25) is 19.6 Å². The van der Waals surface area contributed by atoms with E-state index in [9.17, 15) is 4.79 Å². The first-order valence-electron chi connectivity index (χ1n) is 6.44. The highest BCUT2D eigenvalue weighted by atomic mass is 28.4. The van der Waals surface area contributed by atoms with Crippen molar-refractivity contribution >= 4 is 20.0 Å². The molecule has 0 bridgehead atoms. The number of benzene rings is 1. The van der Waals surface area contributed by atoms with Gasteiger partial charge < -0.3 is 9.16 Å². The van der Waals surface area contributed by atoms with Crippen molar-refractivity contribution in [1.29, 1.82) is 0 Å². The number of rotatable bonds is 6. The number of hydrogen-bond donors (Lipinski definition) is 0. The average molecular weight is 278 g/mol. The summed E-state index contributed by atoms with van der Waals surface area (Å²) in [4.78, 5) is 11.1. The second-order valence-corrected chi connectivity index (χ2v) is 9.69. The molecule has 19 heavy (non-hydrogen) atoms. The molecule has 0 aliphatic carbocycles. The zero-order chi connectivity index (χ0) is 14.3. The molecule has 0 heterocycles. The molecule has 0 radical (unpaired) electrons. The van der Waals surface area contributed by atoms with Gasteiger partial charge in [-0.3, -0.25) is 4.79 Å². The topological polar surface area (TPSA) is 35.5 Å². The number of hydrogen-bond acceptors (Lipinski definition) is 3. The van der Waals surface area contributed by atoms with E-state index in [1.807, 2.05) is 36.4 Å². The summed E-state index contributed by atoms with van der Waals surface area (Å²) < 4.78 is 10.7. The Labute approximate surface area is 116 Å². The van der Waals surface area contributed by atoms with E-state index in [0.29, 0.717) is 12.8 Å². The lowest BCUT2D eigenvalue weighted by atomic mass is 10.1. The normalized spacial score (nSPS) is 12.1. The Hall–Kier alpha value is -1.55. The van der Waals surface area contributed by atoms with Gasteiger partial charge in [-0.05, 0) is 32.1 Å². The third-order valence-corrected chi connectivity index (χ3v) is 3.21. The van der Waals surface area contributed by atoms with Crippen molar-refractivity contribution in [2.75, 3.05) is 7.11 Å². The second kappa shape index (κ2) is 7.14. The van der Waals surface area contributed by atoms with Crippen molar-refractivity contribution in [3.05, 3.63) is 42.0 Å². The molecule has 104 valence electrons. The molecule has 0 N–H and O–H groups in total. The number of allylic oxidation sites excluding steroid dienone is 1. The van der Waals surface area contributed by atoms with E-state index < -0.39 is 8.32 Å². The first-order chi connectivity index (χ1) is 8.92. The van der Waals surface area contributed by atoms with Gasteiger partial charge in [0, 0.05) is 12.0 Å². The summed E-state index contributed by atoms with van der Waals surface area (Å²) in [7, 11) is -0.268. The zero-order valence-corrected chi connectivity index (χ0v) is 13.1. The largest absolute Gasteiger partial charge is 0.544 e. The van der Waals surface area contributed by atoms with Crippen LogP contribution >= 0.6 is 0 Å². The highest BCUT2D eigenvalue weighted by Crippen LogP contribution is 2.21. The van der Waals surface area contributed by atoms with Crippen LogP contribution in [0.1, 0.15) is 18.4 Å². The van der Waals surface area contributed by atoms with Gasteiger partial charge in [-0.25, -0.2) is 0 Å². The fourth-order valence-electron chi connectivity index (χ4n) is 1.57. The molecule has 0 fully saturated rings. The summed E-state index contributed by atoms with van der Waals surface area (Å²) in [5.74, 6) is 0.667. The maximum atomic E-state index is 11.1. The van der Waals surface area contributed by atoms with E-state index >= 15 is 0 Å². The highest BCUT2D eigenvalue weighted by molar-refractivity contribution is 6.70. The molecule has 0 spiro atoms. The SMILES string of the molecule is COC(=O)CCC=C(O[Si](C)(C)C)c1ccccc1. The fourth-order valence-corrected chi connectivity index (χ4v) is 2.43. The molecular weight excluding hydrogens is 256 g/mol. The van der Waals surface area contributed by atoms with E-state index in [2.05, 4.69) is 24.4 Å². The lowest BCUT2D eigenvalue weighted by Gasteiger charge is -2.22. The molecule has 0 atom stereocenters. The molecule has 4 heteroatoms. The van der Waals surface area contributed by atoms with Gasteiger partial charge in [-0.15, -0.1) is 0 Å². The summed E-state index contributed by atoms with van der Waals surface area (Å²) in [6, 6.07) is 9.98. The maximum Gasteiger partial charge on any atom is 0.305 e. The number of carbonyl (C=O) groups is 1. The van der Waals surface area contributed by atoms with Crippen molar-refractivity contribution in [2.45, 2.75) is 32.5 Å². The quantitative estimate of drug-likeness (QED) is 0.450. The van der Waals surface area contributed by atoms with Gasteiger partial charge >= 0.3 is 5.97 Å². The van der Waals surface area contributed by atoms with E-state index in [0.717, 1.165) is 11.3 Å². The standard InChI is InChI=1S/C15H22O3Si/c1-17-15(16)12-8-11-14(18-19(2,3)4)13-9-6-5-7-10-13/h5-7,9-11H,8,12H2,1-4H3. The predicted molar refractivity (Wildman–Crippen MR) is 80.1 cm³/mol. The van der Waals surface area contributed by atoms with Crippen molar-refractivity contribution in [3.8, 4) is 0 Å². The summed E-state index contributed by atoms with van der Waals surface area (Å²) in [6.07, 6.45) is 2.98. The van der Waals surface area contributed by atoms with Crippen LogP contribution in [0.5, 0.6) is 0 Å². The van der Waals surface area contributed by atoms with Crippen LogP contribution < -0.4 is 0 Å². The molecule has 0 saturated heterocycles. The van der Waals surface area contributed by atoms with E-state index in [4.69, 9.17) is 4.43 Å². The molecule has 0 aliphatic rings. The van der Waals surface area contributed by atoms with Crippen molar-refractivity contribution in [2.24, 2.45) is 0 Å². The van der Waals surface area contributed by atoms with Gasteiger partial charge in [0.05, 0.1) is 7.11 Å². The van der Waals surface area contributed by atoms with E-state index in [-0.39, 0.29) is 5.97 Å². The number of esters is 1.